The van der Waals surface area contributed by atoms with Gasteiger partial charge in [0.1, 0.15) is 0 Å². The minimum Gasteiger partial charge on any atom is -0.390 e. The second-order valence-electron chi connectivity index (χ2n) is 7.27. The van der Waals surface area contributed by atoms with E-state index in [1.54, 1.807) is 0 Å². The summed E-state index contributed by atoms with van der Waals surface area (Å²) in [5.41, 5.74) is 0.0470. The van der Waals surface area contributed by atoms with E-state index in [0.717, 1.165) is 38.7 Å². The maximum absolute atomic E-state index is 10.7. The van der Waals surface area contributed by atoms with Crippen molar-refractivity contribution in [3.63, 3.8) is 0 Å². The largest absolute Gasteiger partial charge is 0.390 e. The van der Waals surface area contributed by atoms with E-state index in [2.05, 4.69) is 13.8 Å². The molecule has 2 nitrogen and oxygen atoms in total. The third-order valence-corrected chi connectivity index (χ3v) is 4.96. The summed E-state index contributed by atoms with van der Waals surface area (Å²) >= 11 is 0. The zero-order valence-corrected chi connectivity index (χ0v) is 12.2. The average Bonchev–Trinajstić information content (AvgIpc) is 2.75. The molecule has 1 N–H and O–H groups in total. The molecule has 0 bridgehead atoms. The van der Waals surface area contributed by atoms with Crippen molar-refractivity contribution < 1.29 is 9.84 Å². The van der Waals surface area contributed by atoms with Gasteiger partial charge < -0.3 is 9.84 Å². The molecular weight excluding hydrogens is 224 g/mol. The molecule has 2 heteroatoms. The lowest BCUT2D eigenvalue weighted by Crippen LogP contribution is -2.28. The highest BCUT2D eigenvalue weighted by atomic mass is 16.5. The molecule has 0 aromatic heterocycles. The Hall–Kier alpha value is -0.0800. The van der Waals surface area contributed by atoms with Gasteiger partial charge in [0, 0.05) is 6.61 Å². The lowest BCUT2D eigenvalue weighted by Gasteiger charge is -2.28. The first kappa shape index (κ1) is 14.3. The van der Waals surface area contributed by atoms with Crippen LogP contribution in [-0.2, 0) is 4.74 Å². The van der Waals surface area contributed by atoms with Gasteiger partial charge in [0.15, 0.2) is 0 Å². The molecule has 0 spiro atoms. The minimum atomic E-state index is -0.383. The SMILES string of the molecule is CC1(C)CCCC(O)(CCCC2CCCO2)CC1. The third kappa shape index (κ3) is 4.24. The van der Waals surface area contributed by atoms with Crippen LogP contribution in [0.1, 0.15) is 78.1 Å². The molecule has 0 aromatic carbocycles. The van der Waals surface area contributed by atoms with Crippen molar-refractivity contribution in [3.05, 3.63) is 0 Å². The summed E-state index contributed by atoms with van der Waals surface area (Å²) in [6, 6.07) is 0. The number of hydrogen-bond acceptors (Lipinski definition) is 2. The Labute approximate surface area is 112 Å². The molecule has 1 aliphatic heterocycles. The van der Waals surface area contributed by atoms with Crippen LogP contribution in [0.5, 0.6) is 0 Å². The fourth-order valence-electron chi connectivity index (χ4n) is 3.50. The maximum atomic E-state index is 10.7. The minimum absolute atomic E-state index is 0.383. The zero-order valence-electron chi connectivity index (χ0n) is 12.2. The van der Waals surface area contributed by atoms with Crippen molar-refractivity contribution >= 4 is 0 Å². The van der Waals surface area contributed by atoms with Crippen LogP contribution < -0.4 is 0 Å². The molecule has 2 aliphatic rings. The second kappa shape index (κ2) is 5.92. The van der Waals surface area contributed by atoms with Gasteiger partial charge in [0.25, 0.3) is 0 Å². The maximum Gasteiger partial charge on any atom is 0.0648 e. The molecular formula is C16H30O2. The van der Waals surface area contributed by atoms with E-state index in [9.17, 15) is 5.11 Å². The molecule has 1 aliphatic carbocycles. The van der Waals surface area contributed by atoms with Crippen LogP contribution >= 0.6 is 0 Å². The summed E-state index contributed by atoms with van der Waals surface area (Å²) in [6.45, 7) is 5.62. The zero-order chi connectivity index (χ0) is 13.1. The molecule has 1 saturated carbocycles. The summed E-state index contributed by atoms with van der Waals surface area (Å²) in [4.78, 5) is 0. The van der Waals surface area contributed by atoms with E-state index in [1.807, 2.05) is 0 Å². The molecule has 106 valence electrons. The molecule has 0 radical (unpaired) electrons. The smallest absolute Gasteiger partial charge is 0.0648 e. The van der Waals surface area contributed by atoms with E-state index < -0.39 is 0 Å². The molecule has 2 rings (SSSR count). The van der Waals surface area contributed by atoms with Crippen LogP contribution in [0.25, 0.3) is 0 Å². The van der Waals surface area contributed by atoms with E-state index >= 15 is 0 Å². The van der Waals surface area contributed by atoms with Gasteiger partial charge in [-0.3, -0.25) is 0 Å². The number of aliphatic hydroxyl groups is 1. The fourth-order valence-corrected chi connectivity index (χ4v) is 3.50. The molecule has 1 saturated heterocycles. The average molecular weight is 254 g/mol. The van der Waals surface area contributed by atoms with Crippen LogP contribution in [0.4, 0.5) is 0 Å². The predicted molar refractivity (Wildman–Crippen MR) is 74.6 cm³/mol. The first-order chi connectivity index (χ1) is 8.49. The van der Waals surface area contributed by atoms with Crippen molar-refractivity contribution in [1.82, 2.24) is 0 Å². The van der Waals surface area contributed by atoms with Crippen molar-refractivity contribution in [3.8, 4) is 0 Å². The Kier molecular flexibility index (Phi) is 4.71. The highest BCUT2D eigenvalue weighted by Crippen LogP contribution is 2.40. The summed E-state index contributed by atoms with van der Waals surface area (Å²) in [5, 5.41) is 10.7. The molecule has 0 aromatic rings. The Morgan fingerprint density at radius 3 is 2.67 bits per heavy atom. The van der Waals surface area contributed by atoms with Crippen LogP contribution in [0, 0.1) is 5.41 Å². The number of ether oxygens (including phenoxy) is 1. The molecule has 2 unspecified atom stereocenters. The van der Waals surface area contributed by atoms with Crippen LogP contribution in [0.2, 0.25) is 0 Å². The van der Waals surface area contributed by atoms with Gasteiger partial charge in [0.05, 0.1) is 11.7 Å². The number of hydrogen-bond donors (Lipinski definition) is 1. The first-order valence-corrected chi connectivity index (χ1v) is 7.83. The topological polar surface area (TPSA) is 29.5 Å². The van der Waals surface area contributed by atoms with Crippen molar-refractivity contribution in [2.24, 2.45) is 5.41 Å². The Balaban J connectivity index is 1.73. The molecule has 2 fully saturated rings. The van der Waals surface area contributed by atoms with Gasteiger partial charge in [-0.2, -0.15) is 0 Å². The first-order valence-electron chi connectivity index (χ1n) is 7.83. The highest BCUT2D eigenvalue weighted by Gasteiger charge is 2.33. The Morgan fingerprint density at radius 1 is 1.11 bits per heavy atom. The lowest BCUT2D eigenvalue weighted by molar-refractivity contribution is 0.00724. The monoisotopic (exact) mass is 254 g/mol. The van der Waals surface area contributed by atoms with E-state index in [-0.39, 0.29) is 5.60 Å². The number of rotatable bonds is 4. The second-order valence-corrected chi connectivity index (χ2v) is 7.27. The van der Waals surface area contributed by atoms with E-state index in [1.165, 1.54) is 32.1 Å². The van der Waals surface area contributed by atoms with Gasteiger partial charge in [-0.1, -0.05) is 20.3 Å². The van der Waals surface area contributed by atoms with E-state index in [4.69, 9.17) is 4.74 Å². The molecule has 1 heterocycles. The molecule has 0 amide bonds. The standard InChI is InChI=1S/C16H30O2/c1-15(2)8-5-10-16(17,12-11-15)9-3-6-14-7-4-13-18-14/h14,17H,3-13H2,1-2H3. The Bertz CT molecular complexity index is 256. The highest BCUT2D eigenvalue weighted by molar-refractivity contribution is 4.86. The fraction of sp³-hybridized carbons (Fsp3) is 1.00. The van der Waals surface area contributed by atoms with Gasteiger partial charge in [-0.15, -0.1) is 0 Å². The summed E-state index contributed by atoms with van der Waals surface area (Å²) in [6.07, 6.45) is 11.8. The van der Waals surface area contributed by atoms with Crippen LogP contribution in [0.15, 0.2) is 0 Å². The van der Waals surface area contributed by atoms with Gasteiger partial charge in [0.2, 0.25) is 0 Å². The van der Waals surface area contributed by atoms with Crippen LogP contribution in [-0.4, -0.2) is 23.4 Å². The normalized spacial score (nSPS) is 36.5. The summed E-state index contributed by atoms with van der Waals surface area (Å²) in [5.74, 6) is 0. The summed E-state index contributed by atoms with van der Waals surface area (Å²) in [7, 11) is 0. The lowest BCUT2D eigenvalue weighted by atomic mass is 9.83. The van der Waals surface area contributed by atoms with E-state index in [0.29, 0.717) is 11.5 Å². The van der Waals surface area contributed by atoms with Crippen molar-refractivity contribution in [1.29, 1.82) is 0 Å². The van der Waals surface area contributed by atoms with Gasteiger partial charge in [-0.05, 0) is 63.2 Å². The predicted octanol–water partition coefficient (Wildman–Crippen LogP) is 4.06. The summed E-state index contributed by atoms with van der Waals surface area (Å²) < 4.78 is 5.65. The quantitative estimate of drug-likeness (QED) is 0.767. The molecule has 2 atom stereocenters. The van der Waals surface area contributed by atoms with Crippen molar-refractivity contribution in [2.45, 2.75) is 89.8 Å². The Morgan fingerprint density at radius 2 is 1.94 bits per heavy atom. The van der Waals surface area contributed by atoms with Gasteiger partial charge >= 0.3 is 0 Å². The van der Waals surface area contributed by atoms with Crippen LogP contribution in [0.3, 0.4) is 0 Å². The third-order valence-electron chi connectivity index (χ3n) is 4.96. The van der Waals surface area contributed by atoms with Crippen molar-refractivity contribution in [2.75, 3.05) is 6.61 Å². The molecule has 18 heavy (non-hydrogen) atoms. The van der Waals surface area contributed by atoms with Gasteiger partial charge in [-0.25, -0.2) is 0 Å².